The first-order chi connectivity index (χ1) is 5.85. The van der Waals surface area contributed by atoms with Crippen molar-refractivity contribution in [2.24, 2.45) is 0 Å². The van der Waals surface area contributed by atoms with E-state index in [1.165, 1.54) is 0 Å². The summed E-state index contributed by atoms with van der Waals surface area (Å²) in [4.78, 5) is 16.6. The van der Waals surface area contributed by atoms with Crippen molar-refractivity contribution < 1.29 is 28.7 Å². The van der Waals surface area contributed by atoms with Crippen molar-refractivity contribution in [3.8, 4) is 0 Å². The molecular formula is C5H14BO6P. The number of aliphatic hydroxyl groups is 1. The fourth-order valence-electron chi connectivity index (χ4n) is 0.565. The second-order valence-electron chi connectivity index (χ2n) is 2.60. The highest BCUT2D eigenvalue weighted by molar-refractivity contribution is 7.46. The van der Waals surface area contributed by atoms with E-state index in [1.54, 1.807) is 7.85 Å². The van der Waals surface area contributed by atoms with Crippen molar-refractivity contribution in [3.63, 3.8) is 0 Å². The maximum Gasteiger partial charge on any atom is 0.469 e. The van der Waals surface area contributed by atoms with Crippen LogP contribution in [0.25, 0.3) is 0 Å². The number of hydrogen-bond donors (Lipinski definition) is 3. The van der Waals surface area contributed by atoms with Gasteiger partial charge in [0.2, 0.25) is 0 Å². The standard InChI is InChI=1S/C5H14BO6P/c1-2-4(6)12-5(7)3-11-13(8,9)10/h4-5,7H,2-3,6H2,1H3,(H2,8,9,10)/t4-,5?/m1/s1. The first-order valence-corrected chi connectivity index (χ1v) is 5.41. The van der Waals surface area contributed by atoms with Gasteiger partial charge in [-0.25, -0.2) is 4.57 Å². The van der Waals surface area contributed by atoms with Crippen molar-refractivity contribution in [2.75, 3.05) is 6.61 Å². The molecule has 0 bridgehead atoms. The lowest BCUT2D eigenvalue weighted by Crippen LogP contribution is -2.25. The van der Waals surface area contributed by atoms with Gasteiger partial charge < -0.3 is 19.6 Å². The quantitative estimate of drug-likeness (QED) is 0.290. The molecule has 0 aromatic rings. The van der Waals surface area contributed by atoms with Crippen molar-refractivity contribution in [1.82, 2.24) is 0 Å². The minimum Gasteiger partial charge on any atom is -0.366 e. The molecule has 78 valence electrons. The summed E-state index contributed by atoms with van der Waals surface area (Å²) in [6.07, 6.45) is -0.602. The van der Waals surface area contributed by atoms with E-state index in [0.717, 1.165) is 0 Å². The summed E-state index contributed by atoms with van der Waals surface area (Å²) in [5.74, 6) is 0. The molecule has 13 heavy (non-hydrogen) atoms. The van der Waals surface area contributed by atoms with Gasteiger partial charge in [-0.2, -0.15) is 0 Å². The number of phosphoric acid groups is 1. The van der Waals surface area contributed by atoms with Crippen LogP contribution in [0.5, 0.6) is 0 Å². The zero-order valence-corrected chi connectivity index (χ0v) is 8.48. The van der Waals surface area contributed by atoms with E-state index in [2.05, 4.69) is 4.52 Å². The monoisotopic (exact) mass is 212 g/mol. The van der Waals surface area contributed by atoms with E-state index in [1.807, 2.05) is 6.92 Å². The Morgan fingerprint density at radius 1 is 1.54 bits per heavy atom. The summed E-state index contributed by atoms with van der Waals surface area (Å²) in [6.45, 7) is 1.33. The molecule has 6 nitrogen and oxygen atoms in total. The molecule has 0 aromatic heterocycles. The van der Waals surface area contributed by atoms with Crippen LogP contribution in [0.1, 0.15) is 13.3 Å². The molecule has 2 atom stereocenters. The Hall–Kier alpha value is 0.0949. The Labute approximate surface area is 77.5 Å². The summed E-state index contributed by atoms with van der Waals surface area (Å²) in [7, 11) is -2.77. The summed E-state index contributed by atoms with van der Waals surface area (Å²) in [6, 6.07) is -0.171. The van der Waals surface area contributed by atoms with Gasteiger partial charge in [0.25, 0.3) is 0 Å². The number of ether oxygens (including phenoxy) is 1. The fourth-order valence-corrected chi connectivity index (χ4v) is 0.886. The SMILES string of the molecule is B[C@@H](CC)OC(O)COP(=O)(O)O. The third-order valence-electron chi connectivity index (χ3n) is 1.35. The molecule has 0 saturated heterocycles. The van der Waals surface area contributed by atoms with E-state index >= 15 is 0 Å². The van der Waals surface area contributed by atoms with Gasteiger partial charge in [-0.05, 0) is 6.42 Å². The summed E-state index contributed by atoms with van der Waals surface area (Å²) >= 11 is 0. The van der Waals surface area contributed by atoms with Crippen molar-refractivity contribution in [3.05, 3.63) is 0 Å². The van der Waals surface area contributed by atoms with Gasteiger partial charge in [-0.1, -0.05) is 6.92 Å². The maximum atomic E-state index is 10.2. The third kappa shape index (κ3) is 8.43. The maximum absolute atomic E-state index is 10.2. The molecule has 0 aliphatic heterocycles. The van der Waals surface area contributed by atoms with Crippen molar-refractivity contribution in [2.45, 2.75) is 25.6 Å². The van der Waals surface area contributed by atoms with Crippen LogP contribution >= 0.6 is 7.82 Å². The Kier molecular flexibility index (Phi) is 5.79. The Morgan fingerprint density at radius 3 is 2.46 bits per heavy atom. The minimum atomic E-state index is -4.51. The predicted octanol–water partition coefficient (Wildman–Crippen LogP) is -1.20. The predicted molar refractivity (Wildman–Crippen MR) is 47.7 cm³/mol. The van der Waals surface area contributed by atoms with Gasteiger partial charge in [-0.3, -0.25) is 4.52 Å². The van der Waals surface area contributed by atoms with E-state index in [-0.39, 0.29) is 6.00 Å². The van der Waals surface area contributed by atoms with E-state index in [0.29, 0.717) is 6.42 Å². The van der Waals surface area contributed by atoms with Crippen LogP contribution in [-0.2, 0) is 13.8 Å². The normalized spacial score (nSPS) is 16.9. The average Bonchev–Trinajstić information content (AvgIpc) is 1.99. The highest BCUT2D eigenvalue weighted by Gasteiger charge is 2.17. The van der Waals surface area contributed by atoms with Crippen molar-refractivity contribution in [1.29, 1.82) is 0 Å². The first kappa shape index (κ1) is 13.1. The van der Waals surface area contributed by atoms with Gasteiger partial charge in [0, 0.05) is 6.00 Å². The highest BCUT2D eigenvalue weighted by Crippen LogP contribution is 2.35. The van der Waals surface area contributed by atoms with E-state index in [4.69, 9.17) is 19.6 Å². The molecule has 3 N–H and O–H groups in total. The lowest BCUT2D eigenvalue weighted by Gasteiger charge is -2.16. The van der Waals surface area contributed by atoms with Gasteiger partial charge >= 0.3 is 7.82 Å². The molecule has 0 aromatic carbocycles. The van der Waals surface area contributed by atoms with Crippen LogP contribution in [-0.4, -0.2) is 41.6 Å². The van der Waals surface area contributed by atoms with Gasteiger partial charge in [0.05, 0.1) is 0 Å². The molecule has 0 radical (unpaired) electrons. The lowest BCUT2D eigenvalue weighted by molar-refractivity contribution is -0.134. The van der Waals surface area contributed by atoms with E-state index < -0.39 is 20.7 Å². The smallest absolute Gasteiger partial charge is 0.366 e. The summed E-state index contributed by atoms with van der Waals surface area (Å²) in [5.41, 5.74) is 0. The molecule has 0 spiro atoms. The van der Waals surface area contributed by atoms with E-state index in [9.17, 15) is 4.57 Å². The van der Waals surface area contributed by atoms with Gasteiger partial charge in [0.1, 0.15) is 14.5 Å². The molecule has 0 amide bonds. The van der Waals surface area contributed by atoms with Crippen LogP contribution in [0.2, 0.25) is 0 Å². The Morgan fingerprint density at radius 2 is 2.08 bits per heavy atom. The highest BCUT2D eigenvalue weighted by atomic mass is 31.2. The largest absolute Gasteiger partial charge is 0.469 e. The van der Waals surface area contributed by atoms with Gasteiger partial charge in [-0.15, -0.1) is 0 Å². The van der Waals surface area contributed by atoms with Crippen LogP contribution in [0, 0.1) is 0 Å². The topological polar surface area (TPSA) is 96.2 Å². The molecular weight excluding hydrogens is 198 g/mol. The lowest BCUT2D eigenvalue weighted by atomic mass is 9.98. The minimum absolute atomic E-state index is 0.171. The van der Waals surface area contributed by atoms with Crippen LogP contribution < -0.4 is 0 Å². The fraction of sp³-hybridized carbons (Fsp3) is 1.00. The van der Waals surface area contributed by atoms with Crippen molar-refractivity contribution >= 4 is 15.7 Å². The third-order valence-corrected chi connectivity index (χ3v) is 1.84. The number of hydrogen-bond acceptors (Lipinski definition) is 4. The van der Waals surface area contributed by atoms with Crippen LogP contribution in [0.4, 0.5) is 0 Å². The van der Waals surface area contributed by atoms with Gasteiger partial charge in [0.15, 0.2) is 6.29 Å². The Bertz CT molecular complexity index is 182. The molecule has 0 rings (SSSR count). The second-order valence-corrected chi connectivity index (χ2v) is 3.84. The molecule has 0 heterocycles. The molecule has 0 saturated carbocycles. The number of rotatable bonds is 6. The van der Waals surface area contributed by atoms with Crippen LogP contribution in [0.3, 0.4) is 0 Å². The average molecular weight is 212 g/mol. The number of phosphoric ester groups is 1. The molecule has 8 heteroatoms. The molecule has 1 unspecified atom stereocenters. The zero-order chi connectivity index (χ0) is 10.5. The second kappa shape index (κ2) is 5.75. The van der Waals surface area contributed by atoms with Crippen LogP contribution in [0.15, 0.2) is 0 Å². The molecule has 0 aliphatic carbocycles. The first-order valence-electron chi connectivity index (χ1n) is 3.88. The summed E-state index contributed by atoms with van der Waals surface area (Å²) in [5, 5.41) is 9.02. The summed E-state index contributed by atoms with van der Waals surface area (Å²) < 4.78 is 19.1. The molecule has 0 fully saturated rings. The zero-order valence-electron chi connectivity index (χ0n) is 7.58. The Balaban J connectivity index is 3.63. The molecule has 0 aliphatic rings. The number of aliphatic hydroxyl groups excluding tert-OH is 1.